The average molecular weight is 494 g/mol. The number of halogens is 3. The molecule has 4 rings (SSSR count). The van der Waals surface area contributed by atoms with Gasteiger partial charge in [0.25, 0.3) is 0 Å². The minimum atomic E-state index is -4.38. The van der Waals surface area contributed by atoms with Crippen LogP contribution in [0, 0.1) is 5.92 Å². The van der Waals surface area contributed by atoms with Crippen LogP contribution in [0.25, 0.3) is 0 Å². The Morgan fingerprint density at radius 2 is 1.82 bits per heavy atom. The molecule has 2 heterocycles. The molecule has 1 aliphatic carbocycles. The van der Waals surface area contributed by atoms with Crippen LogP contribution in [0.4, 0.5) is 19.0 Å². The number of hydrogen-bond donors (Lipinski definition) is 2. The van der Waals surface area contributed by atoms with Gasteiger partial charge < -0.3 is 15.5 Å². The van der Waals surface area contributed by atoms with Crippen molar-refractivity contribution < 1.29 is 22.8 Å². The van der Waals surface area contributed by atoms with E-state index in [1.54, 1.807) is 6.07 Å². The summed E-state index contributed by atoms with van der Waals surface area (Å²) >= 11 is 1.23. The molecule has 2 aliphatic rings. The first-order valence-corrected chi connectivity index (χ1v) is 12.2. The van der Waals surface area contributed by atoms with Crippen LogP contribution in [-0.4, -0.2) is 46.9 Å². The molecule has 1 aromatic carbocycles. The van der Waals surface area contributed by atoms with Crippen molar-refractivity contribution in [3.8, 4) is 0 Å². The van der Waals surface area contributed by atoms with Gasteiger partial charge in [-0.15, -0.1) is 10.2 Å². The van der Waals surface area contributed by atoms with Crippen LogP contribution in [0.15, 0.2) is 41.4 Å². The van der Waals surface area contributed by atoms with E-state index in [1.165, 1.54) is 23.9 Å². The van der Waals surface area contributed by atoms with Crippen molar-refractivity contribution in [1.29, 1.82) is 0 Å². The quantitative estimate of drug-likeness (QED) is 0.549. The molecule has 182 valence electrons. The summed E-state index contributed by atoms with van der Waals surface area (Å²) in [5.41, 5.74) is -0.136. The van der Waals surface area contributed by atoms with E-state index in [0.717, 1.165) is 44.4 Å². The van der Waals surface area contributed by atoms with E-state index in [-0.39, 0.29) is 30.0 Å². The molecule has 2 aromatic rings. The standard InChI is InChI=1S/C23H26F3N5O2S/c24-23(25,26)17-5-3-15(4-6-17)12-27-20(32)14-34-21-10-9-19(29-30-21)31-11-1-2-16(13-31)22(33)28-18-7-8-18/h3-6,9-10,16,18H,1-2,7-8,11-14H2,(H,27,32)(H,28,33)/t16-/m0/s1. The predicted molar refractivity (Wildman–Crippen MR) is 122 cm³/mol. The highest BCUT2D eigenvalue weighted by molar-refractivity contribution is 7.99. The number of amides is 2. The highest BCUT2D eigenvalue weighted by Gasteiger charge is 2.31. The number of carbonyl (C=O) groups is 2. The first kappa shape index (κ1) is 24.3. The minimum Gasteiger partial charge on any atom is -0.354 e. The number of anilines is 1. The first-order valence-electron chi connectivity index (χ1n) is 11.2. The molecule has 11 heteroatoms. The number of piperidine rings is 1. The van der Waals surface area contributed by atoms with E-state index >= 15 is 0 Å². The van der Waals surface area contributed by atoms with Gasteiger partial charge >= 0.3 is 6.18 Å². The van der Waals surface area contributed by atoms with Crippen molar-refractivity contribution in [3.05, 3.63) is 47.5 Å². The Hall–Kier alpha value is -2.82. The van der Waals surface area contributed by atoms with Crippen molar-refractivity contribution in [3.63, 3.8) is 0 Å². The summed E-state index contributed by atoms with van der Waals surface area (Å²) in [6.45, 7) is 1.58. The Bertz CT molecular complexity index is 997. The van der Waals surface area contributed by atoms with Gasteiger partial charge in [-0.05, 0) is 55.5 Å². The lowest BCUT2D eigenvalue weighted by Gasteiger charge is -2.32. The second-order valence-electron chi connectivity index (χ2n) is 8.56. The lowest BCUT2D eigenvalue weighted by atomic mass is 9.97. The Morgan fingerprint density at radius 1 is 1.06 bits per heavy atom. The monoisotopic (exact) mass is 493 g/mol. The first-order chi connectivity index (χ1) is 16.3. The smallest absolute Gasteiger partial charge is 0.354 e. The summed E-state index contributed by atoms with van der Waals surface area (Å²) in [6, 6.07) is 8.68. The van der Waals surface area contributed by atoms with Crippen molar-refractivity contribution in [2.75, 3.05) is 23.7 Å². The maximum absolute atomic E-state index is 12.6. The Morgan fingerprint density at radius 3 is 2.47 bits per heavy atom. The zero-order valence-corrected chi connectivity index (χ0v) is 19.3. The van der Waals surface area contributed by atoms with Crippen LogP contribution in [-0.2, 0) is 22.3 Å². The summed E-state index contributed by atoms with van der Waals surface area (Å²) < 4.78 is 37.8. The van der Waals surface area contributed by atoms with E-state index in [4.69, 9.17) is 0 Å². The molecule has 34 heavy (non-hydrogen) atoms. The molecule has 1 saturated heterocycles. The molecule has 0 bridgehead atoms. The van der Waals surface area contributed by atoms with Crippen LogP contribution < -0.4 is 15.5 Å². The van der Waals surface area contributed by atoms with E-state index in [9.17, 15) is 22.8 Å². The van der Waals surface area contributed by atoms with E-state index in [0.29, 0.717) is 29.0 Å². The van der Waals surface area contributed by atoms with Crippen molar-refractivity contribution in [2.24, 2.45) is 5.92 Å². The van der Waals surface area contributed by atoms with Crippen LogP contribution in [0.2, 0.25) is 0 Å². The van der Waals surface area contributed by atoms with Gasteiger partial charge in [0.1, 0.15) is 5.03 Å². The number of aromatic nitrogens is 2. The Labute approximate surface area is 199 Å². The van der Waals surface area contributed by atoms with Crippen molar-refractivity contribution >= 4 is 29.4 Å². The van der Waals surface area contributed by atoms with Crippen LogP contribution >= 0.6 is 11.8 Å². The third kappa shape index (κ3) is 6.85. The fraction of sp³-hybridized carbons (Fsp3) is 0.478. The topological polar surface area (TPSA) is 87.2 Å². The average Bonchev–Trinajstić information content (AvgIpc) is 3.65. The maximum Gasteiger partial charge on any atom is 0.416 e. The molecule has 0 spiro atoms. The van der Waals surface area contributed by atoms with E-state index in [1.807, 2.05) is 6.07 Å². The van der Waals surface area contributed by atoms with Gasteiger partial charge in [0.05, 0.1) is 17.2 Å². The highest BCUT2D eigenvalue weighted by Crippen LogP contribution is 2.29. The minimum absolute atomic E-state index is 0.0430. The number of alkyl halides is 3. The Balaban J connectivity index is 1.21. The van der Waals surface area contributed by atoms with Gasteiger partial charge in [-0.1, -0.05) is 23.9 Å². The SMILES string of the molecule is O=C(CSc1ccc(N2CCC[C@H](C(=O)NC3CC3)C2)nn1)NCc1ccc(C(F)(F)F)cc1. The largest absolute Gasteiger partial charge is 0.416 e. The molecular formula is C23H26F3N5O2S. The van der Waals surface area contributed by atoms with Gasteiger partial charge in [0.2, 0.25) is 11.8 Å². The molecule has 1 aromatic heterocycles. The highest BCUT2D eigenvalue weighted by atomic mass is 32.2. The Kier molecular flexibility index (Phi) is 7.60. The van der Waals surface area contributed by atoms with Crippen LogP contribution in [0.3, 0.4) is 0 Å². The lowest BCUT2D eigenvalue weighted by Crippen LogP contribution is -2.44. The maximum atomic E-state index is 12.6. The zero-order chi connectivity index (χ0) is 24.1. The number of thioether (sulfide) groups is 1. The third-order valence-electron chi connectivity index (χ3n) is 5.79. The molecule has 0 unspecified atom stereocenters. The molecule has 2 N–H and O–H groups in total. The molecule has 1 atom stereocenters. The van der Waals surface area contributed by atoms with E-state index in [2.05, 4.69) is 25.7 Å². The van der Waals surface area contributed by atoms with Gasteiger partial charge in [0, 0.05) is 25.7 Å². The third-order valence-corrected chi connectivity index (χ3v) is 6.71. The number of benzene rings is 1. The molecule has 1 saturated carbocycles. The molecule has 7 nitrogen and oxygen atoms in total. The molecule has 1 aliphatic heterocycles. The normalized spacial score (nSPS) is 18.4. The second kappa shape index (κ2) is 10.6. The van der Waals surface area contributed by atoms with Crippen LogP contribution in [0.5, 0.6) is 0 Å². The van der Waals surface area contributed by atoms with Crippen molar-refractivity contribution in [2.45, 2.75) is 49.5 Å². The molecule has 2 fully saturated rings. The molecule has 2 amide bonds. The van der Waals surface area contributed by atoms with Crippen molar-refractivity contribution in [1.82, 2.24) is 20.8 Å². The summed E-state index contributed by atoms with van der Waals surface area (Å²) in [5, 5.41) is 14.8. The summed E-state index contributed by atoms with van der Waals surface area (Å²) in [6.07, 6.45) is -0.451. The fourth-order valence-electron chi connectivity index (χ4n) is 3.71. The summed E-state index contributed by atoms with van der Waals surface area (Å²) in [7, 11) is 0. The number of hydrogen-bond acceptors (Lipinski definition) is 6. The zero-order valence-electron chi connectivity index (χ0n) is 18.5. The van der Waals surface area contributed by atoms with Gasteiger partial charge in [-0.3, -0.25) is 9.59 Å². The number of rotatable bonds is 8. The lowest BCUT2D eigenvalue weighted by molar-refractivity contribution is -0.137. The fourth-order valence-corrected chi connectivity index (χ4v) is 4.35. The molecular weight excluding hydrogens is 467 g/mol. The second-order valence-corrected chi connectivity index (χ2v) is 9.55. The van der Waals surface area contributed by atoms with Crippen LogP contribution in [0.1, 0.15) is 36.8 Å². The van der Waals surface area contributed by atoms with Gasteiger partial charge in [-0.25, -0.2) is 0 Å². The van der Waals surface area contributed by atoms with Gasteiger partial charge in [0.15, 0.2) is 5.82 Å². The van der Waals surface area contributed by atoms with E-state index < -0.39 is 11.7 Å². The predicted octanol–water partition coefficient (Wildman–Crippen LogP) is 3.40. The molecule has 0 radical (unpaired) electrons. The summed E-state index contributed by atoms with van der Waals surface area (Å²) in [5.74, 6) is 0.645. The number of nitrogens with one attached hydrogen (secondary N) is 2. The van der Waals surface area contributed by atoms with Gasteiger partial charge in [-0.2, -0.15) is 13.2 Å². The number of carbonyl (C=O) groups excluding carboxylic acids is 2. The summed E-state index contributed by atoms with van der Waals surface area (Å²) in [4.78, 5) is 26.5. The number of nitrogens with zero attached hydrogens (tertiary/aromatic N) is 3.